The van der Waals surface area contributed by atoms with E-state index >= 15 is 0 Å². The molecule has 0 atom stereocenters. The van der Waals surface area contributed by atoms with Gasteiger partial charge in [-0.1, -0.05) is 42.5 Å². The van der Waals surface area contributed by atoms with Crippen LogP contribution in [0.5, 0.6) is 0 Å². The number of carbonyl (C=O) groups is 1. The molecule has 4 rings (SSSR count). The number of hydrogen-bond acceptors (Lipinski definition) is 4. The van der Waals surface area contributed by atoms with Gasteiger partial charge in [0.05, 0.1) is 10.6 Å². The van der Waals surface area contributed by atoms with E-state index in [0.717, 1.165) is 22.4 Å². The van der Waals surface area contributed by atoms with Crippen LogP contribution in [0.25, 0.3) is 0 Å². The quantitative estimate of drug-likeness (QED) is 0.648. The number of nitrogens with one attached hydrogen (secondary N) is 1. The molecule has 0 aromatic heterocycles. The molecule has 0 saturated heterocycles. The number of nitrogens with zero attached hydrogens (tertiary/aromatic N) is 2. The highest BCUT2D eigenvalue weighted by Gasteiger charge is 2.25. The Hall–Kier alpha value is -3.32. The topological polar surface area (TPSA) is 69.7 Å². The standard InChI is InChI=1S/C25H27N3O3S/c1-18-12-13-21(32(30,31)26-23-10-6-4-8-19(23)2)16-22(18)25(29)28-15-14-27(3)24-11-7-5-9-20(24)17-28/h4-13,16,26H,14-15,17H2,1-3H3. The molecule has 1 N–H and O–H groups in total. The van der Waals surface area contributed by atoms with Crippen LogP contribution in [0.4, 0.5) is 11.4 Å². The number of fused-ring (bicyclic) bond motifs is 1. The van der Waals surface area contributed by atoms with Gasteiger partial charge in [0.15, 0.2) is 0 Å². The number of anilines is 2. The minimum Gasteiger partial charge on any atom is -0.373 e. The van der Waals surface area contributed by atoms with Crippen molar-refractivity contribution in [2.45, 2.75) is 25.3 Å². The molecule has 1 heterocycles. The predicted octanol–water partition coefficient (Wildman–Crippen LogP) is 4.20. The molecule has 0 saturated carbocycles. The van der Waals surface area contributed by atoms with Gasteiger partial charge in [-0.3, -0.25) is 9.52 Å². The molecule has 6 nitrogen and oxygen atoms in total. The van der Waals surface area contributed by atoms with Gasteiger partial charge in [-0.15, -0.1) is 0 Å². The third-order valence-corrected chi connectivity index (χ3v) is 7.26. The number of para-hydroxylation sites is 2. The molecular weight excluding hydrogens is 422 g/mol. The van der Waals surface area contributed by atoms with Crippen molar-refractivity contribution < 1.29 is 13.2 Å². The maximum atomic E-state index is 13.5. The van der Waals surface area contributed by atoms with E-state index in [1.54, 1.807) is 23.1 Å². The summed E-state index contributed by atoms with van der Waals surface area (Å²) in [6.07, 6.45) is 0. The summed E-state index contributed by atoms with van der Waals surface area (Å²) in [6.45, 7) is 5.42. The molecule has 32 heavy (non-hydrogen) atoms. The van der Waals surface area contributed by atoms with Crippen molar-refractivity contribution in [1.82, 2.24) is 4.90 Å². The Balaban J connectivity index is 1.64. The third kappa shape index (κ3) is 4.34. The zero-order valence-electron chi connectivity index (χ0n) is 18.5. The molecule has 1 aliphatic rings. The van der Waals surface area contributed by atoms with E-state index in [4.69, 9.17) is 0 Å². The van der Waals surface area contributed by atoms with E-state index in [1.165, 1.54) is 12.1 Å². The molecule has 0 fully saturated rings. The second-order valence-corrected chi connectivity index (χ2v) is 9.86. The Morgan fingerprint density at radius 2 is 1.62 bits per heavy atom. The fourth-order valence-electron chi connectivity index (χ4n) is 3.93. The normalized spacial score (nSPS) is 14.0. The smallest absolute Gasteiger partial charge is 0.261 e. The molecule has 0 unspecified atom stereocenters. The SMILES string of the molecule is Cc1ccccc1NS(=O)(=O)c1ccc(C)c(C(=O)N2CCN(C)c3ccccc3C2)c1. The van der Waals surface area contributed by atoms with Crippen LogP contribution in [-0.4, -0.2) is 39.4 Å². The van der Waals surface area contributed by atoms with E-state index in [1.807, 2.05) is 51.2 Å². The van der Waals surface area contributed by atoms with E-state index in [9.17, 15) is 13.2 Å². The fraction of sp³-hybridized carbons (Fsp3) is 0.240. The van der Waals surface area contributed by atoms with Crippen LogP contribution in [0, 0.1) is 13.8 Å². The number of rotatable bonds is 4. The lowest BCUT2D eigenvalue weighted by molar-refractivity contribution is 0.0750. The Morgan fingerprint density at radius 3 is 2.41 bits per heavy atom. The van der Waals surface area contributed by atoms with Gasteiger partial charge in [0.2, 0.25) is 0 Å². The monoisotopic (exact) mass is 449 g/mol. The summed E-state index contributed by atoms with van der Waals surface area (Å²) in [7, 11) is -1.82. The minimum atomic E-state index is -3.83. The van der Waals surface area contributed by atoms with Crippen molar-refractivity contribution in [3.8, 4) is 0 Å². The first kappa shape index (κ1) is 21.9. The number of amides is 1. The summed E-state index contributed by atoms with van der Waals surface area (Å²) in [5, 5.41) is 0. The molecule has 1 amide bonds. The Morgan fingerprint density at radius 1 is 0.906 bits per heavy atom. The first-order valence-electron chi connectivity index (χ1n) is 10.5. The van der Waals surface area contributed by atoms with Gasteiger partial charge in [-0.25, -0.2) is 8.42 Å². The van der Waals surface area contributed by atoms with Crippen molar-refractivity contribution in [2.24, 2.45) is 0 Å². The summed E-state index contributed by atoms with van der Waals surface area (Å²) in [4.78, 5) is 17.5. The van der Waals surface area contributed by atoms with Crippen molar-refractivity contribution in [2.75, 3.05) is 29.8 Å². The lowest BCUT2D eigenvalue weighted by atomic mass is 10.1. The van der Waals surface area contributed by atoms with Gasteiger partial charge >= 0.3 is 0 Å². The first-order chi connectivity index (χ1) is 15.3. The van der Waals surface area contributed by atoms with Crippen LogP contribution >= 0.6 is 0 Å². The molecule has 0 radical (unpaired) electrons. The highest BCUT2D eigenvalue weighted by molar-refractivity contribution is 7.92. The zero-order valence-corrected chi connectivity index (χ0v) is 19.3. The minimum absolute atomic E-state index is 0.0713. The highest BCUT2D eigenvalue weighted by Crippen LogP contribution is 2.26. The lowest BCUT2D eigenvalue weighted by Crippen LogP contribution is -2.34. The molecule has 3 aromatic rings. The van der Waals surface area contributed by atoms with Gasteiger partial charge in [0.25, 0.3) is 15.9 Å². The van der Waals surface area contributed by atoms with Gasteiger partial charge < -0.3 is 9.80 Å². The fourth-order valence-corrected chi connectivity index (χ4v) is 5.08. The number of sulfonamides is 1. The van der Waals surface area contributed by atoms with Crippen molar-refractivity contribution in [3.63, 3.8) is 0 Å². The summed E-state index contributed by atoms with van der Waals surface area (Å²) < 4.78 is 28.7. The van der Waals surface area contributed by atoms with E-state index < -0.39 is 10.0 Å². The number of aryl methyl sites for hydroxylation is 2. The average Bonchev–Trinajstić information content (AvgIpc) is 2.94. The third-order valence-electron chi connectivity index (χ3n) is 5.90. The molecule has 166 valence electrons. The van der Waals surface area contributed by atoms with Crippen LogP contribution in [0.3, 0.4) is 0 Å². The number of likely N-dealkylation sites (N-methyl/N-ethyl adjacent to an activating group) is 1. The first-order valence-corrected chi connectivity index (χ1v) is 12.0. The molecule has 3 aromatic carbocycles. The number of carbonyl (C=O) groups excluding carboxylic acids is 1. The number of hydrogen-bond donors (Lipinski definition) is 1. The predicted molar refractivity (Wildman–Crippen MR) is 128 cm³/mol. The zero-order chi connectivity index (χ0) is 22.9. The molecule has 1 aliphatic heterocycles. The largest absolute Gasteiger partial charge is 0.373 e. The van der Waals surface area contributed by atoms with Gasteiger partial charge in [0.1, 0.15) is 0 Å². The Kier molecular flexibility index (Phi) is 5.93. The molecule has 0 spiro atoms. The summed E-state index contributed by atoms with van der Waals surface area (Å²) in [6, 6.07) is 20.0. The summed E-state index contributed by atoms with van der Waals surface area (Å²) in [5.74, 6) is -0.166. The van der Waals surface area contributed by atoms with E-state index in [2.05, 4.69) is 15.7 Å². The highest BCUT2D eigenvalue weighted by atomic mass is 32.2. The molecular formula is C25H27N3O3S. The van der Waals surface area contributed by atoms with Crippen molar-refractivity contribution >= 4 is 27.3 Å². The summed E-state index contributed by atoms with van der Waals surface area (Å²) >= 11 is 0. The second-order valence-electron chi connectivity index (χ2n) is 8.17. The van der Waals surface area contributed by atoms with E-state index in [0.29, 0.717) is 30.9 Å². The average molecular weight is 450 g/mol. The summed E-state index contributed by atoms with van der Waals surface area (Å²) in [5.41, 5.74) is 4.68. The van der Waals surface area contributed by atoms with Crippen molar-refractivity contribution in [1.29, 1.82) is 0 Å². The van der Waals surface area contributed by atoms with Crippen LogP contribution in [-0.2, 0) is 16.6 Å². The molecule has 0 bridgehead atoms. The maximum absolute atomic E-state index is 13.5. The van der Waals surface area contributed by atoms with Crippen LogP contribution < -0.4 is 9.62 Å². The van der Waals surface area contributed by atoms with Gasteiger partial charge in [0, 0.05) is 37.9 Å². The maximum Gasteiger partial charge on any atom is 0.261 e. The van der Waals surface area contributed by atoms with Crippen LogP contribution in [0.15, 0.2) is 71.6 Å². The second kappa shape index (κ2) is 8.67. The van der Waals surface area contributed by atoms with Gasteiger partial charge in [-0.05, 0) is 54.8 Å². The van der Waals surface area contributed by atoms with Crippen molar-refractivity contribution in [3.05, 3.63) is 89.0 Å². The van der Waals surface area contributed by atoms with Gasteiger partial charge in [-0.2, -0.15) is 0 Å². The molecule has 7 heteroatoms. The number of benzene rings is 3. The van der Waals surface area contributed by atoms with E-state index in [-0.39, 0.29) is 10.8 Å². The lowest BCUT2D eigenvalue weighted by Gasteiger charge is -2.22. The Bertz CT molecular complexity index is 1270. The van der Waals surface area contributed by atoms with Crippen LogP contribution in [0.2, 0.25) is 0 Å². The Labute approximate surface area is 189 Å². The van der Waals surface area contributed by atoms with Crippen LogP contribution in [0.1, 0.15) is 27.0 Å². The molecule has 0 aliphatic carbocycles.